The number of hydrogen-bond donors (Lipinski definition) is 0. The van der Waals surface area contributed by atoms with Crippen molar-refractivity contribution in [3.8, 4) is 22.6 Å². The van der Waals surface area contributed by atoms with Gasteiger partial charge in [-0.25, -0.2) is 4.98 Å². The average molecular weight is 438 g/mol. The molecule has 0 atom stereocenters. The molecule has 0 N–H and O–H groups in total. The number of aromatic nitrogens is 1. The van der Waals surface area contributed by atoms with Crippen LogP contribution >= 0.6 is 0 Å². The van der Waals surface area contributed by atoms with Gasteiger partial charge in [0.15, 0.2) is 5.58 Å². The number of fused-ring (bicyclic) bond motifs is 1. The fraction of sp³-hybridized carbons (Fsp3) is 0.0938. The molecule has 0 bridgehead atoms. The monoisotopic (exact) mass is 437 g/mol. The smallest absolute Gasteiger partial charge is 0.227 e. The second-order valence-corrected chi connectivity index (χ2v) is 9.19. The van der Waals surface area contributed by atoms with E-state index in [1.165, 1.54) is 54.6 Å². The first-order valence-electron chi connectivity index (χ1n) is 11.9. The van der Waals surface area contributed by atoms with Gasteiger partial charge in [-0.05, 0) is 86.1 Å². The summed E-state index contributed by atoms with van der Waals surface area (Å²) < 4.78 is 6.20. The molecule has 6 aromatic carbocycles. The maximum absolute atomic E-state index is 6.20. The zero-order chi connectivity index (χ0) is 22.8. The molecule has 162 valence electrons. The second kappa shape index (κ2) is 7.16. The van der Waals surface area contributed by atoms with Crippen LogP contribution in [0.3, 0.4) is 0 Å². The van der Waals surface area contributed by atoms with Crippen LogP contribution in [0.1, 0.15) is 18.1 Å². The molecule has 0 aliphatic rings. The van der Waals surface area contributed by atoms with E-state index < -0.39 is 0 Å². The van der Waals surface area contributed by atoms with E-state index in [2.05, 4.69) is 98.8 Å². The van der Waals surface area contributed by atoms with Gasteiger partial charge >= 0.3 is 0 Å². The minimum Gasteiger partial charge on any atom is -0.436 e. The van der Waals surface area contributed by atoms with Crippen LogP contribution in [0.15, 0.2) is 95.4 Å². The molecule has 0 radical (unpaired) electrons. The van der Waals surface area contributed by atoms with Crippen molar-refractivity contribution in [3.05, 3.63) is 102 Å². The van der Waals surface area contributed by atoms with E-state index >= 15 is 0 Å². The minimum absolute atomic E-state index is 0.675. The Morgan fingerprint density at radius 1 is 0.676 bits per heavy atom. The van der Waals surface area contributed by atoms with Gasteiger partial charge in [-0.1, -0.05) is 79.7 Å². The largest absolute Gasteiger partial charge is 0.436 e. The van der Waals surface area contributed by atoms with Gasteiger partial charge < -0.3 is 4.42 Å². The van der Waals surface area contributed by atoms with Gasteiger partial charge in [0.2, 0.25) is 5.89 Å². The summed E-state index contributed by atoms with van der Waals surface area (Å²) in [5.41, 5.74) is 7.83. The summed E-state index contributed by atoms with van der Waals surface area (Å²) in [6, 6.07) is 32.9. The van der Waals surface area contributed by atoms with Crippen molar-refractivity contribution in [2.75, 3.05) is 0 Å². The third kappa shape index (κ3) is 2.78. The van der Waals surface area contributed by atoms with E-state index in [0.29, 0.717) is 5.89 Å². The summed E-state index contributed by atoms with van der Waals surface area (Å²) in [6.07, 6.45) is 1.05. The quantitative estimate of drug-likeness (QED) is 0.258. The number of hydrogen-bond acceptors (Lipinski definition) is 2. The Kier molecular flexibility index (Phi) is 4.07. The SMILES string of the molecule is CCc1ccc(-c2ccc3ccc4c(-c5nc6cc(C)ccc6o5)ccc5ccc2c3c54)cc1. The second-order valence-electron chi connectivity index (χ2n) is 9.19. The van der Waals surface area contributed by atoms with E-state index in [-0.39, 0.29) is 0 Å². The van der Waals surface area contributed by atoms with Crippen LogP contribution in [-0.4, -0.2) is 4.98 Å². The number of benzene rings is 6. The highest BCUT2D eigenvalue weighted by atomic mass is 16.3. The molecular weight excluding hydrogens is 414 g/mol. The lowest BCUT2D eigenvalue weighted by atomic mass is 9.88. The first-order valence-corrected chi connectivity index (χ1v) is 11.9. The van der Waals surface area contributed by atoms with E-state index in [1.807, 2.05) is 6.07 Å². The maximum atomic E-state index is 6.20. The number of oxazole rings is 1. The zero-order valence-electron chi connectivity index (χ0n) is 19.2. The summed E-state index contributed by atoms with van der Waals surface area (Å²) >= 11 is 0. The topological polar surface area (TPSA) is 26.0 Å². The van der Waals surface area contributed by atoms with Gasteiger partial charge in [-0.2, -0.15) is 0 Å². The molecule has 0 spiro atoms. The van der Waals surface area contributed by atoms with Crippen molar-refractivity contribution in [2.24, 2.45) is 0 Å². The Morgan fingerprint density at radius 2 is 1.32 bits per heavy atom. The molecule has 0 fully saturated rings. The van der Waals surface area contributed by atoms with Crippen LogP contribution in [0.2, 0.25) is 0 Å². The van der Waals surface area contributed by atoms with Crippen LogP contribution in [-0.2, 0) is 6.42 Å². The normalized spacial score (nSPS) is 11.9. The molecule has 0 unspecified atom stereocenters. The Labute approximate surface area is 197 Å². The third-order valence-corrected chi connectivity index (χ3v) is 7.11. The molecule has 0 amide bonds. The Bertz CT molecular complexity index is 1840. The summed E-state index contributed by atoms with van der Waals surface area (Å²) in [5, 5.41) is 7.54. The van der Waals surface area contributed by atoms with E-state index in [4.69, 9.17) is 9.40 Å². The van der Waals surface area contributed by atoms with Gasteiger partial charge in [0.25, 0.3) is 0 Å². The average Bonchev–Trinajstić information content (AvgIpc) is 3.30. The molecule has 0 aliphatic heterocycles. The highest BCUT2D eigenvalue weighted by Gasteiger charge is 2.17. The lowest BCUT2D eigenvalue weighted by molar-refractivity contribution is 0.620. The first kappa shape index (κ1) is 19.3. The summed E-state index contributed by atoms with van der Waals surface area (Å²) in [5.74, 6) is 0.675. The number of rotatable bonds is 3. The minimum atomic E-state index is 0.675. The molecule has 7 rings (SSSR count). The van der Waals surface area contributed by atoms with Crippen LogP contribution in [0.4, 0.5) is 0 Å². The van der Waals surface area contributed by atoms with E-state index in [1.54, 1.807) is 0 Å². The van der Waals surface area contributed by atoms with Crippen LogP contribution in [0.5, 0.6) is 0 Å². The molecule has 2 heteroatoms. The molecule has 1 aromatic heterocycles. The molecule has 0 saturated carbocycles. The fourth-order valence-electron chi connectivity index (χ4n) is 5.31. The Balaban J connectivity index is 1.51. The first-order chi connectivity index (χ1) is 16.7. The van der Waals surface area contributed by atoms with Crippen molar-refractivity contribution in [3.63, 3.8) is 0 Å². The predicted molar refractivity (Wildman–Crippen MR) is 143 cm³/mol. The molecule has 1 heterocycles. The predicted octanol–water partition coefficient (Wildman–Crippen LogP) is 8.93. The van der Waals surface area contributed by atoms with Crippen molar-refractivity contribution in [1.29, 1.82) is 0 Å². The lowest BCUT2D eigenvalue weighted by Gasteiger charge is -2.15. The molecule has 0 aliphatic carbocycles. The van der Waals surface area contributed by atoms with E-state index in [0.717, 1.165) is 23.1 Å². The van der Waals surface area contributed by atoms with E-state index in [9.17, 15) is 0 Å². The molecule has 7 aromatic rings. The van der Waals surface area contributed by atoms with Crippen molar-refractivity contribution >= 4 is 43.4 Å². The lowest BCUT2D eigenvalue weighted by Crippen LogP contribution is -1.89. The molecule has 34 heavy (non-hydrogen) atoms. The van der Waals surface area contributed by atoms with Crippen LogP contribution in [0, 0.1) is 6.92 Å². The van der Waals surface area contributed by atoms with Gasteiger partial charge in [-0.3, -0.25) is 0 Å². The van der Waals surface area contributed by atoms with Crippen molar-refractivity contribution in [1.82, 2.24) is 4.98 Å². The summed E-state index contributed by atoms with van der Waals surface area (Å²) in [7, 11) is 0. The summed E-state index contributed by atoms with van der Waals surface area (Å²) in [4.78, 5) is 4.84. The molecular formula is C32H23NO. The number of aryl methyl sites for hydroxylation is 2. The molecule has 2 nitrogen and oxygen atoms in total. The molecule has 0 saturated heterocycles. The standard InChI is InChI=1S/C32H23NO/c1-3-20-5-7-21(8-6-20)24-13-9-22-11-15-26-27(16-12-23-10-14-25(24)30(22)31(23)26)32-33-28-18-19(2)4-17-29(28)34-32/h4-18H,3H2,1-2H3. The number of nitrogens with zero attached hydrogens (tertiary/aromatic N) is 1. The fourth-order valence-corrected chi connectivity index (χ4v) is 5.31. The third-order valence-electron chi connectivity index (χ3n) is 7.11. The van der Waals surface area contributed by atoms with Crippen LogP contribution < -0.4 is 0 Å². The maximum Gasteiger partial charge on any atom is 0.227 e. The van der Waals surface area contributed by atoms with Crippen molar-refractivity contribution in [2.45, 2.75) is 20.3 Å². The van der Waals surface area contributed by atoms with Crippen molar-refractivity contribution < 1.29 is 4.42 Å². The van der Waals surface area contributed by atoms with Gasteiger partial charge in [0.05, 0.1) is 0 Å². The zero-order valence-corrected chi connectivity index (χ0v) is 19.2. The van der Waals surface area contributed by atoms with Crippen LogP contribution in [0.25, 0.3) is 66.0 Å². The van der Waals surface area contributed by atoms with Gasteiger partial charge in [0, 0.05) is 5.56 Å². The van der Waals surface area contributed by atoms with Gasteiger partial charge in [0.1, 0.15) is 5.52 Å². The Hall–Kier alpha value is -4.17. The summed E-state index contributed by atoms with van der Waals surface area (Å²) in [6.45, 7) is 4.28. The highest BCUT2D eigenvalue weighted by molar-refractivity contribution is 6.27. The highest BCUT2D eigenvalue weighted by Crippen LogP contribution is 2.42. The van der Waals surface area contributed by atoms with Gasteiger partial charge in [-0.15, -0.1) is 0 Å². The Morgan fingerprint density at radius 3 is 2.03 bits per heavy atom.